The van der Waals surface area contributed by atoms with Gasteiger partial charge in [0.2, 0.25) is 0 Å². The van der Waals surface area contributed by atoms with Gasteiger partial charge in [-0.15, -0.1) is 0 Å². The maximum absolute atomic E-state index is 13.2. The van der Waals surface area contributed by atoms with E-state index in [9.17, 15) is 14.3 Å². The Labute approximate surface area is 193 Å². The summed E-state index contributed by atoms with van der Waals surface area (Å²) in [5, 5.41) is 14.1. The van der Waals surface area contributed by atoms with Gasteiger partial charge in [-0.25, -0.2) is 9.37 Å². The molecule has 0 spiro atoms. The number of amides is 1. The van der Waals surface area contributed by atoms with E-state index < -0.39 is 5.60 Å². The highest BCUT2D eigenvalue weighted by atomic mass is 19.1. The van der Waals surface area contributed by atoms with Crippen LogP contribution < -0.4 is 10.2 Å². The highest BCUT2D eigenvalue weighted by Gasteiger charge is 2.55. The summed E-state index contributed by atoms with van der Waals surface area (Å²) in [7, 11) is 0. The van der Waals surface area contributed by atoms with Crippen LogP contribution in [0.4, 0.5) is 10.2 Å². The van der Waals surface area contributed by atoms with E-state index in [4.69, 9.17) is 4.98 Å². The van der Waals surface area contributed by atoms with Crippen molar-refractivity contribution in [2.45, 2.75) is 62.5 Å². The topological polar surface area (TPSA) is 78.4 Å². The SMILES string of the molecule is O=C(NC1C2CC3CC1CC(O)(C3)C2)c1cccc(N2CCC(c3ccc(F)cn3)CC2)n1. The number of carbonyl (C=O) groups is 1. The molecule has 2 unspecified atom stereocenters. The largest absolute Gasteiger partial charge is 0.390 e. The number of nitrogens with one attached hydrogen (secondary N) is 1. The molecule has 33 heavy (non-hydrogen) atoms. The Kier molecular flexibility index (Phi) is 5.13. The Morgan fingerprint density at radius 3 is 2.52 bits per heavy atom. The number of rotatable bonds is 4. The lowest BCUT2D eigenvalue weighted by Gasteiger charge is -2.58. The molecule has 1 saturated heterocycles. The van der Waals surface area contributed by atoms with Crippen LogP contribution in [-0.4, -0.2) is 45.7 Å². The minimum Gasteiger partial charge on any atom is -0.390 e. The average molecular weight is 451 g/mol. The molecule has 7 heteroatoms. The Morgan fingerprint density at radius 2 is 1.85 bits per heavy atom. The van der Waals surface area contributed by atoms with Crippen molar-refractivity contribution in [3.05, 3.63) is 53.7 Å². The van der Waals surface area contributed by atoms with E-state index >= 15 is 0 Å². The summed E-state index contributed by atoms with van der Waals surface area (Å²) in [6.45, 7) is 1.66. The molecule has 5 fully saturated rings. The maximum Gasteiger partial charge on any atom is 0.270 e. The number of halogens is 1. The maximum atomic E-state index is 13.2. The predicted molar refractivity (Wildman–Crippen MR) is 122 cm³/mol. The minimum atomic E-state index is -0.495. The van der Waals surface area contributed by atoms with E-state index in [2.05, 4.69) is 15.2 Å². The lowest BCUT2D eigenvalue weighted by Crippen LogP contribution is -2.61. The lowest BCUT2D eigenvalue weighted by molar-refractivity contribution is -0.136. The van der Waals surface area contributed by atoms with Gasteiger partial charge >= 0.3 is 0 Å². The van der Waals surface area contributed by atoms with Gasteiger partial charge in [0.25, 0.3) is 5.91 Å². The Morgan fingerprint density at radius 1 is 1.09 bits per heavy atom. The van der Waals surface area contributed by atoms with Gasteiger partial charge in [0.05, 0.1) is 11.8 Å². The molecule has 174 valence electrons. The Bertz CT molecular complexity index is 1020. The zero-order valence-corrected chi connectivity index (χ0v) is 18.8. The molecule has 2 aromatic rings. The molecule has 3 heterocycles. The van der Waals surface area contributed by atoms with Crippen molar-refractivity contribution in [3.63, 3.8) is 0 Å². The number of hydrogen-bond acceptors (Lipinski definition) is 5. The molecule has 2 aromatic heterocycles. The number of piperidine rings is 1. The number of carbonyl (C=O) groups excluding carboxylic acids is 1. The molecule has 4 bridgehead atoms. The van der Waals surface area contributed by atoms with Crippen molar-refractivity contribution in [2.24, 2.45) is 17.8 Å². The Hall–Kier alpha value is -2.54. The van der Waals surface area contributed by atoms with Gasteiger partial charge in [0, 0.05) is 30.7 Å². The zero-order chi connectivity index (χ0) is 22.6. The van der Waals surface area contributed by atoms with E-state index in [0.717, 1.165) is 69.5 Å². The van der Waals surface area contributed by atoms with Crippen molar-refractivity contribution in [3.8, 4) is 0 Å². The Balaban J connectivity index is 1.10. The normalized spacial score (nSPS) is 33.3. The summed E-state index contributed by atoms with van der Waals surface area (Å²) in [5.74, 6) is 2.12. The van der Waals surface area contributed by atoms with Crippen molar-refractivity contribution in [1.82, 2.24) is 15.3 Å². The van der Waals surface area contributed by atoms with Crippen LogP contribution in [0.5, 0.6) is 0 Å². The van der Waals surface area contributed by atoms with E-state index in [-0.39, 0.29) is 17.8 Å². The molecule has 4 aliphatic carbocycles. The highest BCUT2D eigenvalue weighted by Crippen LogP contribution is 2.55. The molecule has 2 N–H and O–H groups in total. The van der Waals surface area contributed by atoms with Crippen LogP contribution in [0.15, 0.2) is 36.5 Å². The second-order valence-corrected chi connectivity index (χ2v) is 10.7. The summed E-state index contributed by atoms with van der Waals surface area (Å²) >= 11 is 0. The van der Waals surface area contributed by atoms with Crippen LogP contribution in [0.2, 0.25) is 0 Å². The number of aliphatic hydroxyl groups is 1. The van der Waals surface area contributed by atoms with Crippen LogP contribution in [-0.2, 0) is 0 Å². The van der Waals surface area contributed by atoms with Gasteiger partial charge < -0.3 is 15.3 Å². The summed E-state index contributed by atoms with van der Waals surface area (Å²) in [6, 6.07) is 9.07. The van der Waals surface area contributed by atoms with Crippen LogP contribution in [0.3, 0.4) is 0 Å². The van der Waals surface area contributed by atoms with E-state index in [0.29, 0.717) is 29.4 Å². The first-order chi connectivity index (χ1) is 16.0. The van der Waals surface area contributed by atoms with E-state index in [1.54, 1.807) is 12.1 Å². The van der Waals surface area contributed by atoms with Crippen molar-refractivity contribution < 1.29 is 14.3 Å². The minimum absolute atomic E-state index is 0.105. The number of nitrogens with zero attached hydrogens (tertiary/aromatic N) is 3. The van der Waals surface area contributed by atoms with Crippen molar-refractivity contribution in [2.75, 3.05) is 18.0 Å². The summed E-state index contributed by atoms with van der Waals surface area (Å²) < 4.78 is 13.2. The first-order valence-electron chi connectivity index (χ1n) is 12.3. The zero-order valence-electron chi connectivity index (χ0n) is 18.8. The second-order valence-electron chi connectivity index (χ2n) is 10.7. The van der Waals surface area contributed by atoms with Gasteiger partial charge in [-0.05, 0) is 87.0 Å². The molecule has 6 nitrogen and oxygen atoms in total. The average Bonchev–Trinajstić information content (AvgIpc) is 2.81. The fraction of sp³-hybridized carbons (Fsp3) is 0.577. The monoisotopic (exact) mass is 450 g/mol. The molecule has 0 radical (unpaired) electrons. The van der Waals surface area contributed by atoms with Gasteiger partial charge in [-0.2, -0.15) is 0 Å². The smallest absolute Gasteiger partial charge is 0.270 e. The van der Waals surface area contributed by atoms with Gasteiger partial charge in [0.1, 0.15) is 17.3 Å². The van der Waals surface area contributed by atoms with Crippen LogP contribution in [0, 0.1) is 23.6 Å². The summed E-state index contributed by atoms with van der Waals surface area (Å²) in [5.41, 5.74) is 0.908. The van der Waals surface area contributed by atoms with Gasteiger partial charge in [-0.1, -0.05) is 6.07 Å². The van der Waals surface area contributed by atoms with Crippen molar-refractivity contribution in [1.29, 1.82) is 0 Å². The number of pyridine rings is 2. The predicted octanol–water partition coefficient (Wildman–Crippen LogP) is 3.67. The second kappa shape index (κ2) is 8.05. The van der Waals surface area contributed by atoms with E-state index in [1.807, 2.05) is 12.1 Å². The first-order valence-corrected chi connectivity index (χ1v) is 12.3. The third-order valence-electron chi connectivity index (χ3n) is 8.49. The summed E-state index contributed by atoms with van der Waals surface area (Å²) in [6.07, 6.45) is 7.95. The molecule has 1 amide bonds. The summed E-state index contributed by atoms with van der Waals surface area (Å²) in [4.78, 5) is 24.3. The van der Waals surface area contributed by atoms with Gasteiger partial charge in [0.15, 0.2) is 0 Å². The third-order valence-corrected chi connectivity index (χ3v) is 8.49. The van der Waals surface area contributed by atoms with Crippen LogP contribution in [0.1, 0.15) is 67.0 Å². The number of anilines is 1. The third kappa shape index (κ3) is 4.01. The molecule has 2 atom stereocenters. The molecule has 4 saturated carbocycles. The quantitative estimate of drug-likeness (QED) is 0.743. The number of hydrogen-bond donors (Lipinski definition) is 2. The molecule has 5 aliphatic rings. The fourth-order valence-electron chi connectivity index (χ4n) is 7.20. The fourth-order valence-corrected chi connectivity index (χ4v) is 7.20. The lowest BCUT2D eigenvalue weighted by atomic mass is 9.52. The van der Waals surface area contributed by atoms with E-state index in [1.165, 1.54) is 12.3 Å². The molecular formula is C26H31FN4O2. The van der Waals surface area contributed by atoms with Crippen LogP contribution in [0.25, 0.3) is 0 Å². The van der Waals surface area contributed by atoms with Crippen molar-refractivity contribution >= 4 is 11.7 Å². The molecule has 1 aliphatic heterocycles. The molecule has 7 rings (SSSR count). The van der Waals surface area contributed by atoms with Gasteiger partial charge in [-0.3, -0.25) is 9.78 Å². The van der Waals surface area contributed by atoms with Crippen LogP contribution >= 0.6 is 0 Å². The number of aromatic nitrogens is 2. The molecule has 0 aromatic carbocycles. The standard InChI is InChI=1S/C26H31FN4O2/c27-20-4-5-21(28-15-20)17-6-8-31(9-7-17)23-3-1-2-22(29-23)25(32)30-24-18-10-16-11-19(24)14-26(33,12-16)13-18/h1-5,15-19,24,33H,6-14H2,(H,30,32). The highest BCUT2D eigenvalue weighted by molar-refractivity contribution is 5.93. The molecular weight excluding hydrogens is 419 g/mol. The first kappa shape index (κ1) is 21.0.